The van der Waals surface area contributed by atoms with Gasteiger partial charge in [0, 0.05) is 12.8 Å². The molecule has 0 radical (unpaired) electrons. The van der Waals surface area contributed by atoms with Crippen molar-refractivity contribution in [3.63, 3.8) is 0 Å². The molecular weight excluding hydrogens is 164 g/mol. The van der Waals surface area contributed by atoms with Gasteiger partial charge in [0.1, 0.15) is 5.78 Å². The Hall–Kier alpha value is -0.370. The smallest absolute Gasteiger partial charge is 0.134 e. The van der Waals surface area contributed by atoms with E-state index < -0.39 is 0 Å². The Balaban J connectivity index is 2.04. The van der Waals surface area contributed by atoms with Gasteiger partial charge < -0.3 is 5.11 Å². The minimum Gasteiger partial charge on any atom is -0.393 e. The predicted molar refractivity (Wildman–Crippen MR) is 48.2 cm³/mol. The standard InChI is InChI=1S/C11H16O2/c12-8-4-10-2-1-3-11(10,6-8)7-9(13)5-10/h8,12H,1-7H2/t8?,10-,11+. The van der Waals surface area contributed by atoms with Crippen molar-refractivity contribution in [2.24, 2.45) is 10.8 Å². The van der Waals surface area contributed by atoms with Gasteiger partial charge in [-0.05, 0) is 36.5 Å². The topological polar surface area (TPSA) is 37.3 Å². The average Bonchev–Trinajstić information content (AvgIpc) is 2.42. The molecule has 0 bridgehead atoms. The van der Waals surface area contributed by atoms with E-state index in [4.69, 9.17) is 0 Å². The van der Waals surface area contributed by atoms with Crippen LogP contribution in [0.5, 0.6) is 0 Å². The molecule has 0 heterocycles. The van der Waals surface area contributed by atoms with Crippen LogP contribution in [0, 0.1) is 10.8 Å². The van der Waals surface area contributed by atoms with E-state index in [0.717, 1.165) is 25.7 Å². The van der Waals surface area contributed by atoms with E-state index in [1.807, 2.05) is 0 Å². The van der Waals surface area contributed by atoms with Crippen LogP contribution in [-0.4, -0.2) is 17.0 Å². The Bertz CT molecular complexity index is 249. The largest absolute Gasteiger partial charge is 0.393 e. The van der Waals surface area contributed by atoms with Gasteiger partial charge in [-0.1, -0.05) is 6.42 Å². The fourth-order valence-corrected chi connectivity index (χ4v) is 4.42. The molecule has 3 rings (SSSR count). The van der Waals surface area contributed by atoms with E-state index >= 15 is 0 Å². The molecule has 3 fully saturated rings. The van der Waals surface area contributed by atoms with E-state index in [0.29, 0.717) is 5.78 Å². The molecule has 0 spiro atoms. The van der Waals surface area contributed by atoms with Crippen molar-refractivity contribution < 1.29 is 9.90 Å². The molecule has 1 N–H and O–H groups in total. The maximum absolute atomic E-state index is 11.5. The van der Waals surface area contributed by atoms with Crippen molar-refractivity contribution in [3.05, 3.63) is 0 Å². The van der Waals surface area contributed by atoms with Crippen LogP contribution in [-0.2, 0) is 4.79 Å². The van der Waals surface area contributed by atoms with Crippen molar-refractivity contribution in [1.82, 2.24) is 0 Å². The molecule has 3 saturated carbocycles. The molecule has 72 valence electrons. The average molecular weight is 180 g/mol. The van der Waals surface area contributed by atoms with E-state index in [1.165, 1.54) is 19.3 Å². The highest BCUT2D eigenvalue weighted by Gasteiger charge is 2.64. The third-order valence-corrected chi connectivity index (χ3v) is 4.76. The van der Waals surface area contributed by atoms with Crippen LogP contribution in [0.15, 0.2) is 0 Å². The molecular formula is C11H16O2. The Kier molecular flexibility index (Phi) is 1.33. The number of hydrogen-bond donors (Lipinski definition) is 1. The van der Waals surface area contributed by atoms with Crippen molar-refractivity contribution in [3.8, 4) is 0 Å². The molecule has 0 aromatic carbocycles. The molecule has 0 aromatic rings. The summed E-state index contributed by atoms with van der Waals surface area (Å²) in [5.41, 5.74) is 0.479. The molecule has 3 atom stereocenters. The molecule has 0 amide bonds. The summed E-state index contributed by atoms with van der Waals surface area (Å²) in [6.07, 6.45) is 6.88. The third kappa shape index (κ3) is 0.804. The predicted octanol–water partition coefficient (Wildman–Crippen LogP) is 1.66. The number of hydrogen-bond acceptors (Lipinski definition) is 2. The molecule has 0 saturated heterocycles. The number of carbonyl (C=O) groups excluding carboxylic acids is 1. The first kappa shape index (κ1) is 7.98. The lowest BCUT2D eigenvalue weighted by molar-refractivity contribution is -0.118. The first-order valence-corrected chi connectivity index (χ1v) is 5.36. The quantitative estimate of drug-likeness (QED) is 0.615. The number of aliphatic hydroxyl groups is 1. The highest BCUT2D eigenvalue weighted by molar-refractivity contribution is 5.83. The summed E-state index contributed by atoms with van der Waals surface area (Å²) in [6.45, 7) is 0. The van der Waals surface area contributed by atoms with Crippen LogP contribution in [0.2, 0.25) is 0 Å². The van der Waals surface area contributed by atoms with Gasteiger partial charge in [-0.25, -0.2) is 0 Å². The Morgan fingerprint density at radius 1 is 1.15 bits per heavy atom. The molecule has 3 aliphatic carbocycles. The lowest BCUT2D eigenvalue weighted by Gasteiger charge is -2.32. The minimum atomic E-state index is -0.117. The van der Waals surface area contributed by atoms with Gasteiger partial charge in [-0.15, -0.1) is 0 Å². The van der Waals surface area contributed by atoms with Gasteiger partial charge in [0.05, 0.1) is 6.10 Å². The molecule has 0 aliphatic heterocycles. The van der Waals surface area contributed by atoms with Gasteiger partial charge in [0.15, 0.2) is 0 Å². The molecule has 1 unspecified atom stereocenters. The Morgan fingerprint density at radius 3 is 2.23 bits per heavy atom. The minimum absolute atomic E-state index is 0.117. The lowest BCUT2D eigenvalue weighted by atomic mass is 9.71. The molecule has 2 heteroatoms. The van der Waals surface area contributed by atoms with Crippen molar-refractivity contribution >= 4 is 5.78 Å². The zero-order chi connectivity index (χ0) is 9.10. The monoisotopic (exact) mass is 180 g/mol. The number of Topliss-reactive ketones (excluding diaryl/α,β-unsaturated/α-hetero) is 1. The maximum Gasteiger partial charge on any atom is 0.134 e. The third-order valence-electron chi connectivity index (χ3n) is 4.76. The highest BCUT2D eigenvalue weighted by Crippen LogP contribution is 2.69. The van der Waals surface area contributed by atoms with Crippen molar-refractivity contribution in [1.29, 1.82) is 0 Å². The SMILES string of the molecule is O=C1C[C@]23CCC[C@@]2(C1)CC(O)C3. The van der Waals surface area contributed by atoms with Gasteiger partial charge in [0.25, 0.3) is 0 Å². The molecule has 0 aromatic heterocycles. The van der Waals surface area contributed by atoms with Crippen LogP contribution >= 0.6 is 0 Å². The van der Waals surface area contributed by atoms with Crippen molar-refractivity contribution in [2.75, 3.05) is 0 Å². The van der Waals surface area contributed by atoms with Gasteiger partial charge >= 0.3 is 0 Å². The summed E-state index contributed by atoms with van der Waals surface area (Å²) in [5.74, 6) is 0.451. The lowest BCUT2D eigenvalue weighted by Crippen LogP contribution is -2.25. The fraction of sp³-hybridized carbons (Fsp3) is 0.909. The van der Waals surface area contributed by atoms with Gasteiger partial charge in [0.2, 0.25) is 0 Å². The number of carbonyl (C=O) groups is 1. The van der Waals surface area contributed by atoms with E-state index in [-0.39, 0.29) is 16.9 Å². The second kappa shape index (κ2) is 2.17. The highest BCUT2D eigenvalue weighted by atomic mass is 16.3. The summed E-state index contributed by atoms with van der Waals surface area (Å²) in [4.78, 5) is 11.5. The summed E-state index contributed by atoms with van der Waals surface area (Å²) >= 11 is 0. The van der Waals surface area contributed by atoms with Crippen LogP contribution in [0.4, 0.5) is 0 Å². The van der Waals surface area contributed by atoms with Gasteiger partial charge in [-0.3, -0.25) is 4.79 Å². The van der Waals surface area contributed by atoms with Crippen LogP contribution in [0.1, 0.15) is 44.9 Å². The Morgan fingerprint density at radius 2 is 1.69 bits per heavy atom. The van der Waals surface area contributed by atoms with E-state index in [9.17, 15) is 9.90 Å². The maximum atomic E-state index is 11.5. The molecule has 2 nitrogen and oxygen atoms in total. The number of rotatable bonds is 0. The summed E-state index contributed by atoms with van der Waals surface area (Å²) in [5, 5.41) is 9.71. The zero-order valence-electron chi connectivity index (χ0n) is 7.88. The van der Waals surface area contributed by atoms with Crippen LogP contribution in [0.3, 0.4) is 0 Å². The first-order chi connectivity index (χ1) is 6.16. The summed E-state index contributed by atoms with van der Waals surface area (Å²) in [6, 6.07) is 0. The van der Waals surface area contributed by atoms with Crippen LogP contribution < -0.4 is 0 Å². The van der Waals surface area contributed by atoms with Crippen molar-refractivity contribution in [2.45, 2.75) is 51.0 Å². The molecule has 13 heavy (non-hydrogen) atoms. The number of ketones is 1. The summed E-state index contributed by atoms with van der Waals surface area (Å²) in [7, 11) is 0. The summed E-state index contributed by atoms with van der Waals surface area (Å²) < 4.78 is 0. The number of aliphatic hydroxyl groups excluding tert-OH is 1. The normalized spacial score (nSPS) is 53.9. The van der Waals surface area contributed by atoms with E-state index in [1.54, 1.807) is 0 Å². The zero-order valence-corrected chi connectivity index (χ0v) is 7.88. The van der Waals surface area contributed by atoms with E-state index in [2.05, 4.69) is 0 Å². The van der Waals surface area contributed by atoms with Crippen LogP contribution in [0.25, 0.3) is 0 Å². The fourth-order valence-electron chi connectivity index (χ4n) is 4.42. The Labute approximate surface area is 78.3 Å². The molecule has 3 aliphatic rings. The second-order valence-electron chi connectivity index (χ2n) is 5.37. The van der Waals surface area contributed by atoms with Gasteiger partial charge in [-0.2, -0.15) is 0 Å². The first-order valence-electron chi connectivity index (χ1n) is 5.36. The second-order valence-corrected chi connectivity index (χ2v) is 5.37.